The summed E-state index contributed by atoms with van der Waals surface area (Å²) in [6, 6.07) is 0. The smallest absolute Gasteiger partial charge is 0.222 e. The lowest BCUT2D eigenvalue weighted by Crippen LogP contribution is -2.67. The molecular formula is C13H26NO2+. The van der Waals surface area contributed by atoms with Crippen LogP contribution in [0.1, 0.15) is 33.6 Å². The summed E-state index contributed by atoms with van der Waals surface area (Å²) < 4.78 is 12.5. The van der Waals surface area contributed by atoms with Crippen molar-refractivity contribution < 1.29 is 14.0 Å². The number of hydrogen-bond acceptors (Lipinski definition) is 2. The number of methoxy groups -OCH3 is 1. The topological polar surface area (TPSA) is 18.5 Å². The van der Waals surface area contributed by atoms with E-state index in [0.29, 0.717) is 17.7 Å². The Hall–Kier alpha value is -0.120. The molecule has 0 aliphatic carbocycles. The first-order valence-electron chi connectivity index (χ1n) is 6.53. The molecule has 3 unspecified atom stereocenters. The summed E-state index contributed by atoms with van der Waals surface area (Å²) in [5.74, 6) is 0. The average Bonchev–Trinajstić information content (AvgIpc) is 2.42. The van der Waals surface area contributed by atoms with Gasteiger partial charge in [0.25, 0.3) is 0 Å². The summed E-state index contributed by atoms with van der Waals surface area (Å²) in [6.45, 7) is 11.5. The van der Waals surface area contributed by atoms with E-state index in [1.54, 1.807) is 0 Å². The van der Waals surface area contributed by atoms with Gasteiger partial charge in [-0.3, -0.25) is 4.48 Å². The Labute approximate surface area is 99.3 Å². The predicted octanol–water partition coefficient (Wildman–Crippen LogP) is 2.01. The first-order valence-corrected chi connectivity index (χ1v) is 6.53. The predicted molar refractivity (Wildman–Crippen MR) is 64.1 cm³/mol. The fourth-order valence-electron chi connectivity index (χ4n) is 3.47. The van der Waals surface area contributed by atoms with Gasteiger partial charge in [0, 0.05) is 18.9 Å². The van der Waals surface area contributed by atoms with Crippen LogP contribution in [-0.4, -0.2) is 50.2 Å². The van der Waals surface area contributed by atoms with Crippen molar-refractivity contribution in [2.24, 2.45) is 5.41 Å². The molecular weight excluding hydrogens is 202 g/mol. The Balaban J connectivity index is 2.11. The van der Waals surface area contributed by atoms with Crippen LogP contribution < -0.4 is 0 Å². The molecule has 2 fully saturated rings. The third-order valence-corrected chi connectivity index (χ3v) is 4.24. The summed E-state index contributed by atoms with van der Waals surface area (Å²) in [7, 11) is 1.81. The van der Waals surface area contributed by atoms with E-state index in [1.807, 2.05) is 7.11 Å². The van der Waals surface area contributed by atoms with Crippen LogP contribution in [0.4, 0.5) is 0 Å². The molecule has 3 nitrogen and oxygen atoms in total. The molecule has 2 heterocycles. The SMILES string of the molecule is CCC[N+]1(C2OCC2OC)CCC(C)(C)C1. The number of likely N-dealkylation sites (tertiary alicyclic amines) is 1. The van der Waals surface area contributed by atoms with Crippen LogP contribution in [0.25, 0.3) is 0 Å². The minimum absolute atomic E-state index is 0.298. The number of nitrogens with zero attached hydrogens (tertiary/aromatic N) is 1. The number of ether oxygens (including phenoxy) is 2. The molecule has 3 atom stereocenters. The van der Waals surface area contributed by atoms with Crippen LogP contribution in [0.5, 0.6) is 0 Å². The van der Waals surface area contributed by atoms with Crippen LogP contribution in [-0.2, 0) is 9.47 Å². The lowest BCUT2D eigenvalue weighted by Gasteiger charge is -2.49. The molecule has 0 spiro atoms. The summed E-state index contributed by atoms with van der Waals surface area (Å²) in [6.07, 6.45) is 3.16. The molecule has 0 aromatic heterocycles. The van der Waals surface area contributed by atoms with Crippen LogP contribution in [0.3, 0.4) is 0 Å². The highest BCUT2D eigenvalue weighted by Gasteiger charge is 2.54. The third kappa shape index (κ3) is 2.01. The zero-order valence-corrected chi connectivity index (χ0v) is 11.2. The highest BCUT2D eigenvalue weighted by atomic mass is 16.6. The lowest BCUT2D eigenvalue weighted by atomic mass is 9.93. The zero-order chi connectivity index (χ0) is 11.8. The molecule has 94 valence electrons. The van der Waals surface area contributed by atoms with E-state index in [2.05, 4.69) is 20.8 Å². The maximum Gasteiger partial charge on any atom is 0.222 e. The van der Waals surface area contributed by atoms with E-state index in [-0.39, 0.29) is 0 Å². The van der Waals surface area contributed by atoms with Crippen molar-refractivity contribution >= 4 is 0 Å². The van der Waals surface area contributed by atoms with Gasteiger partial charge < -0.3 is 9.47 Å². The highest BCUT2D eigenvalue weighted by molar-refractivity contribution is 4.81. The molecule has 0 aromatic carbocycles. The summed E-state index contributed by atoms with van der Waals surface area (Å²) >= 11 is 0. The monoisotopic (exact) mass is 228 g/mol. The molecule has 0 amide bonds. The van der Waals surface area contributed by atoms with Crippen molar-refractivity contribution in [2.75, 3.05) is 33.4 Å². The quantitative estimate of drug-likeness (QED) is 0.685. The van der Waals surface area contributed by atoms with Crippen molar-refractivity contribution in [2.45, 2.75) is 45.9 Å². The fraction of sp³-hybridized carbons (Fsp3) is 1.00. The minimum Gasteiger partial charge on any atom is -0.370 e. The molecule has 2 saturated heterocycles. The fourth-order valence-corrected chi connectivity index (χ4v) is 3.47. The van der Waals surface area contributed by atoms with E-state index in [4.69, 9.17) is 9.47 Å². The number of hydrogen-bond donors (Lipinski definition) is 0. The molecule has 0 N–H and O–H groups in total. The van der Waals surface area contributed by atoms with Gasteiger partial charge in [-0.25, -0.2) is 0 Å². The van der Waals surface area contributed by atoms with E-state index in [1.165, 1.54) is 32.5 Å². The van der Waals surface area contributed by atoms with Crippen molar-refractivity contribution in [1.82, 2.24) is 0 Å². The molecule has 2 aliphatic heterocycles. The first-order chi connectivity index (χ1) is 7.53. The summed E-state index contributed by atoms with van der Waals surface area (Å²) in [5, 5.41) is 0. The van der Waals surface area contributed by atoms with E-state index in [9.17, 15) is 0 Å². The normalized spacial score (nSPS) is 42.0. The van der Waals surface area contributed by atoms with Crippen molar-refractivity contribution in [3.63, 3.8) is 0 Å². The summed E-state index contributed by atoms with van der Waals surface area (Å²) in [5.41, 5.74) is 0.465. The van der Waals surface area contributed by atoms with Gasteiger partial charge in [0.15, 0.2) is 6.10 Å². The molecule has 0 saturated carbocycles. The first kappa shape index (κ1) is 12.3. The Kier molecular flexibility index (Phi) is 3.30. The number of quaternary nitrogens is 1. The van der Waals surface area contributed by atoms with Gasteiger partial charge in [-0.2, -0.15) is 0 Å². The Morgan fingerprint density at radius 1 is 1.44 bits per heavy atom. The minimum atomic E-state index is 0.298. The molecule has 2 aliphatic rings. The third-order valence-electron chi connectivity index (χ3n) is 4.24. The van der Waals surface area contributed by atoms with Crippen LogP contribution in [0.2, 0.25) is 0 Å². The van der Waals surface area contributed by atoms with Crippen molar-refractivity contribution in [1.29, 1.82) is 0 Å². The van der Waals surface area contributed by atoms with Gasteiger partial charge >= 0.3 is 0 Å². The van der Waals surface area contributed by atoms with Crippen LogP contribution >= 0.6 is 0 Å². The van der Waals surface area contributed by atoms with E-state index >= 15 is 0 Å². The van der Waals surface area contributed by atoms with Gasteiger partial charge in [0.1, 0.15) is 0 Å². The Bertz CT molecular complexity index is 252. The largest absolute Gasteiger partial charge is 0.370 e. The van der Waals surface area contributed by atoms with Crippen molar-refractivity contribution in [3.8, 4) is 0 Å². The van der Waals surface area contributed by atoms with Gasteiger partial charge in [-0.15, -0.1) is 0 Å². The molecule has 16 heavy (non-hydrogen) atoms. The second kappa shape index (κ2) is 4.28. The second-order valence-corrected chi connectivity index (χ2v) is 6.24. The molecule has 0 aromatic rings. The number of rotatable bonds is 4. The maximum atomic E-state index is 5.81. The molecule has 2 rings (SSSR count). The Morgan fingerprint density at radius 3 is 2.56 bits per heavy atom. The highest BCUT2D eigenvalue weighted by Crippen LogP contribution is 2.40. The zero-order valence-electron chi connectivity index (χ0n) is 11.2. The lowest BCUT2D eigenvalue weighted by molar-refractivity contribution is -0.977. The van der Waals surface area contributed by atoms with E-state index in [0.717, 1.165) is 11.1 Å². The van der Waals surface area contributed by atoms with E-state index < -0.39 is 0 Å². The maximum absolute atomic E-state index is 5.81. The van der Waals surface area contributed by atoms with Gasteiger partial charge in [-0.1, -0.05) is 20.8 Å². The van der Waals surface area contributed by atoms with Gasteiger partial charge in [0.05, 0.1) is 26.2 Å². The summed E-state index contributed by atoms with van der Waals surface area (Å²) in [4.78, 5) is 0. The second-order valence-electron chi connectivity index (χ2n) is 6.24. The molecule has 0 radical (unpaired) electrons. The van der Waals surface area contributed by atoms with Crippen molar-refractivity contribution in [3.05, 3.63) is 0 Å². The van der Waals surface area contributed by atoms with Gasteiger partial charge in [-0.05, 0) is 6.42 Å². The Morgan fingerprint density at radius 2 is 2.19 bits per heavy atom. The molecule has 0 bridgehead atoms. The van der Waals surface area contributed by atoms with Crippen LogP contribution in [0, 0.1) is 5.41 Å². The standard InChI is InChI=1S/C13H26NO2/c1-5-7-14(8-6-13(2,3)10-14)12-11(15-4)9-16-12/h11-12H,5-10H2,1-4H3/q+1. The average molecular weight is 228 g/mol. The van der Waals surface area contributed by atoms with Crippen LogP contribution in [0.15, 0.2) is 0 Å². The molecule has 3 heteroatoms. The van der Waals surface area contributed by atoms with Gasteiger partial charge in [0.2, 0.25) is 6.23 Å².